The van der Waals surface area contributed by atoms with Gasteiger partial charge in [0.1, 0.15) is 11.6 Å². The zero-order chi connectivity index (χ0) is 23.0. The number of ether oxygens (including phenoxy) is 1. The summed E-state index contributed by atoms with van der Waals surface area (Å²) in [6.07, 6.45) is -3.82. The lowest BCUT2D eigenvalue weighted by Crippen LogP contribution is -2.47. The molecular formula is C22H26F3N5O2. The fourth-order valence-corrected chi connectivity index (χ4v) is 4.28. The molecule has 0 bridgehead atoms. The van der Waals surface area contributed by atoms with Crippen LogP contribution < -0.4 is 10.2 Å². The highest BCUT2D eigenvalue weighted by atomic mass is 19.4. The Bertz CT molecular complexity index is 1000. The lowest BCUT2D eigenvalue weighted by atomic mass is 10.0. The van der Waals surface area contributed by atoms with E-state index in [1.54, 1.807) is 4.90 Å². The maximum absolute atomic E-state index is 13.0. The van der Waals surface area contributed by atoms with Crippen LogP contribution in [0.15, 0.2) is 24.3 Å². The molecule has 3 heterocycles. The number of aromatic nitrogens is 2. The van der Waals surface area contributed by atoms with Gasteiger partial charge in [-0.1, -0.05) is 6.07 Å². The minimum Gasteiger partial charge on any atom is -0.372 e. The van der Waals surface area contributed by atoms with Gasteiger partial charge in [0.05, 0.1) is 30.0 Å². The van der Waals surface area contributed by atoms with Gasteiger partial charge >= 0.3 is 12.2 Å². The van der Waals surface area contributed by atoms with Gasteiger partial charge in [0.15, 0.2) is 0 Å². The first-order chi connectivity index (χ1) is 15.1. The number of fused-ring (bicyclic) bond motifs is 1. The Morgan fingerprint density at radius 3 is 2.59 bits per heavy atom. The van der Waals surface area contributed by atoms with Crippen molar-refractivity contribution in [3.05, 3.63) is 46.9 Å². The third-order valence-corrected chi connectivity index (χ3v) is 5.60. The van der Waals surface area contributed by atoms with Gasteiger partial charge in [-0.2, -0.15) is 13.2 Å². The maximum Gasteiger partial charge on any atom is 0.416 e. The van der Waals surface area contributed by atoms with Crippen LogP contribution in [0.2, 0.25) is 0 Å². The average molecular weight is 449 g/mol. The molecule has 2 atom stereocenters. The van der Waals surface area contributed by atoms with Gasteiger partial charge in [0, 0.05) is 37.3 Å². The number of rotatable bonds is 2. The molecular weight excluding hydrogens is 423 g/mol. The molecule has 1 saturated heterocycles. The number of amides is 2. The summed E-state index contributed by atoms with van der Waals surface area (Å²) in [5.74, 6) is 1.47. The molecule has 2 aromatic rings. The number of hydrogen-bond donors (Lipinski definition) is 1. The molecule has 172 valence electrons. The first-order valence-electron chi connectivity index (χ1n) is 10.6. The third kappa shape index (κ3) is 4.79. The van der Waals surface area contributed by atoms with Crippen molar-refractivity contribution < 1.29 is 22.7 Å². The highest BCUT2D eigenvalue weighted by molar-refractivity contribution is 5.89. The first-order valence-corrected chi connectivity index (χ1v) is 10.6. The number of anilines is 2. The van der Waals surface area contributed by atoms with Crippen LogP contribution >= 0.6 is 0 Å². The van der Waals surface area contributed by atoms with E-state index in [4.69, 9.17) is 4.74 Å². The molecule has 2 unspecified atom stereocenters. The van der Waals surface area contributed by atoms with Crippen LogP contribution in [0.5, 0.6) is 0 Å². The second-order valence-electron chi connectivity index (χ2n) is 8.36. The highest BCUT2D eigenvalue weighted by Gasteiger charge is 2.32. The largest absolute Gasteiger partial charge is 0.416 e. The number of morpholine rings is 1. The fraction of sp³-hybridized carbons (Fsp3) is 0.500. The van der Waals surface area contributed by atoms with E-state index in [0.29, 0.717) is 31.9 Å². The highest BCUT2D eigenvalue weighted by Crippen LogP contribution is 2.32. The van der Waals surface area contributed by atoms with E-state index in [1.165, 1.54) is 12.1 Å². The standard InChI is InChI=1S/C22H26F3N5O2/c1-13-10-30(11-14(2)32-13)20-18-12-29(8-7-19(18)26-15(3)27-20)21(31)28-17-6-4-5-16(9-17)22(23,24)25/h4-6,9,13-14H,7-8,10-12H2,1-3H3,(H,28,31). The molecule has 2 aliphatic heterocycles. The van der Waals surface area contributed by atoms with Crippen molar-refractivity contribution in [3.8, 4) is 0 Å². The number of urea groups is 1. The fourth-order valence-electron chi connectivity index (χ4n) is 4.28. The average Bonchev–Trinajstić information content (AvgIpc) is 2.71. The van der Waals surface area contributed by atoms with E-state index in [1.807, 2.05) is 20.8 Å². The summed E-state index contributed by atoms with van der Waals surface area (Å²) in [4.78, 5) is 25.8. The zero-order valence-corrected chi connectivity index (χ0v) is 18.2. The van der Waals surface area contributed by atoms with Gasteiger partial charge in [0.25, 0.3) is 0 Å². The number of nitrogens with one attached hydrogen (secondary N) is 1. The topological polar surface area (TPSA) is 70.6 Å². The molecule has 7 nitrogen and oxygen atoms in total. The predicted octanol–water partition coefficient (Wildman–Crippen LogP) is 4.01. The Kier molecular flexibility index (Phi) is 5.98. The molecule has 2 aliphatic rings. The summed E-state index contributed by atoms with van der Waals surface area (Å²) in [5.41, 5.74) is 1.08. The minimum absolute atomic E-state index is 0.0496. The molecule has 0 radical (unpaired) electrons. The van der Waals surface area contributed by atoms with Crippen molar-refractivity contribution in [2.24, 2.45) is 0 Å². The van der Waals surface area contributed by atoms with Crippen LogP contribution in [-0.4, -0.2) is 52.7 Å². The second-order valence-corrected chi connectivity index (χ2v) is 8.36. The van der Waals surface area contributed by atoms with E-state index in [9.17, 15) is 18.0 Å². The molecule has 1 aromatic carbocycles. The number of nitrogens with zero attached hydrogens (tertiary/aromatic N) is 4. The SMILES string of the molecule is Cc1nc2c(c(N3CC(C)OC(C)C3)n1)CN(C(=O)Nc1cccc(C(F)(F)F)c1)CC2. The summed E-state index contributed by atoms with van der Waals surface area (Å²) in [5, 5.41) is 2.59. The summed E-state index contributed by atoms with van der Waals surface area (Å²) in [6.45, 7) is 7.95. The Morgan fingerprint density at radius 1 is 1.19 bits per heavy atom. The number of aryl methyl sites for hydroxylation is 1. The summed E-state index contributed by atoms with van der Waals surface area (Å²) >= 11 is 0. The van der Waals surface area contributed by atoms with Crippen molar-refractivity contribution in [2.75, 3.05) is 29.9 Å². The Hall–Kier alpha value is -2.88. The second kappa shape index (κ2) is 8.57. The number of alkyl halides is 3. The third-order valence-electron chi connectivity index (χ3n) is 5.60. The number of hydrogen-bond acceptors (Lipinski definition) is 5. The monoisotopic (exact) mass is 449 g/mol. The van der Waals surface area contributed by atoms with Crippen molar-refractivity contribution in [3.63, 3.8) is 0 Å². The molecule has 0 aliphatic carbocycles. The van der Waals surface area contributed by atoms with Crippen LogP contribution in [0.1, 0.15) is 36.5 Å². The molecule has 32 heavy (non-hydrogen) atoms. The van der Waals surface area contributed by atoms with Gasteiger partial charge in [-0.3, -0.25) is 0 Å². The van der Waals surface area contributed by atoms with Gasteiger partial charge < -0.3 is 19.9 Å². The lowest BCUT2D eigenvalue weighted by Gasteiger charge is -2.38. The molecule has 10 heteroatoms. The van der Waals surface area contributed by atoms with Gasteiger partial charge in [-0.25, -0.2) is 14.8 Å². The summed E-state index contributed by atoms with van der Waals surface area (Å²) in [7, 11) is 0. The van der Waals surface area contributed by atoms with Crippen LogP contribution in [0.25, 0.3) is 0 Å². The van der Waals surface area contributed by atoms with E-state index < -0.39 is 17.8 Å². The van der Waals surface area contributed by atoms with Gasteiger partial charge in [0.2, 0.25) is 0 Å². The number of carbonyl (C=O) groups is 1. The smallest absolute Gasteiger partial charge is 0.372 e. The molecule has 2 amide bonds. The van der Waals surface area contributed by atoms with Crippen molar-refractivity contribution >= 4 is 17.5 Å². The van der Waals surface area contributed by atoms with Crippen molar-refractivity contribution in [1.82, 2.24) is 14.9 Å². The number of carbonyl (C=O) groups excluding carboxylic acids is 1. The van der Waals surface area contributed by atoms with E-state index in [-0.39, 0.29) is 24.4 Å². The Morgan fingerprint density at radius 2 is 1.91 bits per heavy atom. The van der Waals surface area contributed by atoms with Crippen molar-refractivity contribution in [2.45, 2.75) is 52.1 Å². The van der Waals surface area contributed by atoms with Crippen LogP contribution in [0, 0.1) is 6.92 Å². The Balaban J connectivity index is 1.55. The van der Waals surface area contributed by atoms with E-state index in [0.717, 1.165) is 29.2 Å². The minimum atomic E-state index is -4.47. The van der Waals surface area contributed by atoms with Crippen LogP contribution in [-0.2, 0) is 23.9 Å². The van der Waals surface area contributed by atoms with E-state index >= 15 is 0 Å². The normalized spacial score (nSPS) is 21.3. The molecule has 1 aromatic heterocycles. The first kappa shape index (κ1) is 22.3. The van der Waals surface area contributed by atoms with Crippen molar-refractivity contribution in [1.29, 1.82) is 0 Å². The maximum atomic E-state index is 13.0. The number of benzene rings is 1. The lowest BCUT2D eigenvalue weighted by molar-refractivity contribution is -0.137. The van der Waals surface area contributed by atoms with Gasteiger partial charge in [-0.05, 0) is 39.0 Å². The Labute approximate surface area is 184 Å². The molecule has 0 saturated carbocycles. The quantitative estimate of drug-likeness (QED) is 0.750. The predicted molar refractivity (Wildman–Crippen MR) is 114 cm³/mol. The van der Waals surface area contributed by atoms with Gasteiger partial charge in [-0.15, -0.1) is 0 Å². The molecule has 0 spiro atoms. The van der Waals surface area contributed by atoms with Crippen LogP contribution in [0.4, 0.5) is 29.5 Å². The van der Waals surface area contributed by atoms with Crippen LogP contribution in [0.3, 0.4) is 0 Å². The van der Waals surface area contributed by atoms with E-state index in [2.05, 4.69) is 20.2 Å². The molecule has 1 N–H and O–H groups in total. The summed E-state index contributed by atoms with van der Waals surface area (Å²) < 4.78 is 44.8. The summed E-state index contributed by atoms with van der Waals surface area (Å²) in [6, 6.07) is 4.18. The molecule has 1 fully saturated rings. The molecule has 4 rings (SSSR count). The number of halogens is 3. The zero-order valence-electron chi connectivity index (χ0n) is 18.2.